The number of carbonyl (C=O) groups excluding carboxylic acids is 1. The number of amides is 1. The Morgan fingerprint density at radius 2 is 1.79 bits per heavy atom. The lowest BCUT2D eigenvalue weighted by Crippen LogP contribution is -2.29. The zero-order valence-corrected chi connectivity index (χ0v) is 19.2. The molecular formula is C24H31BrN2O2. The number of ether oxygens (including phenoxy) is 1. The Kier molecular flexibility index (Phi) is 7.36. The standard InChI is InChI=1S/C24H31BrN2O2/c1-24(2,3)20-10-11-22(21(25)14-20)29-17-23(28)26-15-18-8-4-5-9-19(18)16-27-12-6-7-13-27/h4-5,8-11,14H,6-7,12-13,15-17H2,1-3H3,(H,26,28). The number of halogens is 1. The van der Waals surface area contributed by atoms with E-state index in [1.165, 1.54) is 29.5 Å². The molecule has 3 rings (SSSR count). The molecule has 0 radical (unpaired) electrons. The predicted molar refractivity (Wildman–Crippen MR) is 121 cm³/mol. The van der Waals surface area contributed by atoms with Gasteiger partial charge < -0.3 is 10.1 Å². The summed E-state index contributed by atoms with van der Waals surface area (Å²) in [5.74, 6) is 0.565. The number of hydrogen-bond acceptors (Lipinski definition) is 3. The highest BCUT2D eigenvalue weighted by atomic mass is 79.9. The summed E-state index contributed by atoms with van der Waals surface area (Å²) in [6, 6.07) is 14.4. The van der Waals surface area contributed by atoms with Crippen LogP contribution in [0.25, 0.3) is 0 Å². The lowest BCUT2D eigenvalue weighted by Gasteiger charge is -2.20. The fourth-order valence-electron chi connectivity index (χ4n) is 3.54. The van der Waals surface area contributed by atoms with Crippen LogP contribution in [0.3, 0.4) is 0 Å². The van der Waals surface area contributed by atoms with Crippen molar-refractivity contribution in [2.75, 3.05) is 19.7 Å². The molecule has 156 valence electrons. The van der Waals surface area contributed by atoms with E-state index in [-0.39, 0.29) is 17.9 Å². The van der Waals surface area contributed by atoms with Crippen molar-refractivity contribution in [3.8, 4) is 5.75 Å². The largest absolute Gasteiger partial charge is 0.483 e. The van der Waals surface area contributed by atoms with Gasteiger partial charge in [-0.3, -0.25) is 9.69 Å². The number of likely N-dealkylation sites (tertiary alicyclic amines) is 1. The molecule has 1 aliphatic rings. The van der Waals surface area contributed by atoms with Gasteiger partial charge in [0.25, 0.3) is 5.91 Å². The Hall–Kier alpha value is -1.85. The Morgan fingerprint density at radius 3 is 2.45 bits per heavy atom. The smallest absolute Gasteiger partial charge is 0.258 e. The number of carbonyl (C=O) groups is 1. The molecule has 0 bridgehead atoms. The summed E-state index contributed by atoms with van der Waals surface area (Å²) in [4.78, 5) is 14.8. The molecule has 1 aliphatic heterocycles. The van der Waals surface area contributed by atoms with E-state index >= 15 is 0 Å². The maximum Gasteiger partial charge on any atom is 0.258 e. The van der Waals surface area contributed by atoms with E-state index in [1.54, 1.807) is 0 Å². The molecule has 2 aromatic rings. The molecule has 1 saturated heterocycles. The number of nitrogens with zero attached hydrogens (tertiary/aromatic N) is 1. The topological polar surface area (TPSA) is 41.6 Å². The quantitative estimate of drug-likeness (QED) is 0.631. The van der Waals surface area contributed by atoms with Crippen LogP contribution in [-0.2, 0) is 23.3 Å². The van der Waals surface area contributed by atoms with Crippen LogP contribution in [0.4, 0.5) is 0 Å². The lowest BCUT2D eigenvalue weighted by atomic mass is 9.87. The zero-order valence-electron chi connectivity index (χ0n) is 17.6. The van der Waals surface area contributed by atoms with Gasteiger partial charge in [-0.05, 0) is 76.1 Å². The van der Waals surface area contributed by atoms with E-state index in [2.05, 4.69) is 71.2 Å². The van der Waals surface area contributed by atoms with Gasteiger partial charge in [-0.1, -0.05) is 51.1 Å². The minimum absolute atomic E-state index is 0.00174. The van der Waals surface area contributed by atoms with Crippen molar-refractivity contribution in [2.24, 2.45) is 0 Å². The van der Waals surface area contributed by atoms with Gasteiger partial charge in [-0.15, -0.1) is 0 Å². The Balaban J connectivity index is 1.52. The fraction of sp³-hybridized carbons (Fsp3) is 0.458. The van der Waals surface area contributed by atoms with Gasteiger partial charge in [0.2, 0.25) is 0 Å². The van der Waals surface area contributed by atoms with Crippen molar-refractivity contribution in [2.45, 2.75) is 52.1 Å². The first-order valence-corrected chi connectivity index (χ1v) is 11.1. The molecule has 5 heteroatoms. The summed E-state index contributed by atoms with van der Waals surface area (Å²) in [7, 11) is 0. The first-order valence-electron chi connectivity index (χ1n) is 10.3. The monoisotopic (exact) mass is 458 g/mol. The molecule has 1 amide bonds. The number of benzene rings is 2. The molecule has 0 saturated carbocycles. The van der Waals surface area contributed by atoms with Crippen molar-refractivity contribution < 1.29 is 9.53 Å². The van der Waals surface area contributed by atoms with Gasteiger partial charge in [0, 0.05) is 13.1 Å². The highest BCUT2D eigenvalue weighted by molar-refractivity contribution is 9.10. The van der Waals surface area contributed by atoms with Gasteiger partial charge >= 0.3 is 0 Å². The SMILES string of the molecule is CC(C)(C)c1ccc(OCC(=O)NCc2ccccc2CN2CCCC2)c(Br)c1. The van der Waals surface area contributed by atoms with Crippen molar-refractivity contribution >= 4 is 21.8 Å². The summed E-state index contributed by atoms with van der Waals surface area (Å²) >= 11 is 3.56. The summed E-state index contributed by atoms with van der Waals surface area (Å²) < 4.78 is 6.59. The molecule has 29 heavy (non-hydrogen) atoms. The van der Waals surface area contributed by atoms with E-state index < -0.39 is 0 Å². The van der Waals surface area contributed by atoms with E-state index in [4.69, 9.17) is 4.74 Å². The molecule has 0 spiro atoms. The number of rotatable bonds is 7. The van der Waals surface area contributed by atoms with Gasteiger partial charge in [-0.25, -0.2) is 0 Å². The number of hydrogen-bond donors (Lipinski definition) is 1. The fourth-order valence-corrected chi connectivity index (χ4v) is 4.03. The summed E-state index contributed by atoms with van der Waals surface area (Å²) in [5.41, 5.74) is 3.75. The van der Waals surface area contributed by atoms with Gasteiger partial charge in [0.05, 0.1) is 4.47 Å². The van der Waals surface area contributed by atoms with Gasteiger partial charge in [0.15, 0.2) is 6.61 Å². The average Bonchev–Trinajstić information content (AvgIpc) is 3.18. The molecule has 1 N–H and O–H groups in total. The minimum Gasteiger partial charge on any atom is -0.483 e. The third kappa shape index (κ3) is 6.31. The van der Waals surface area contributed by atoms with Crippen molar-refractivity contribution in [1.82, 2.24) is 10.2 Å². The third-order valence-corrected chi connectivity index (χ3v) is 5.96. The highest BCUT2D eigenvalue weighted by Crippen LogP contribution is 2.31. The van der Waals surface area contributed by atoms with E-state index in [1.807, 2.05) is 18.2 Å². The first-order chi connectivity index (χ1) is 13.8. The maximum atomic E-state index is 12.3. The molecule has 2 aromatic carbocycles. The minimum atomic E-state index is -0.118. The predicted octanol–water partition coefficient (Wildman–Crippen LogP) is 5.04. The van der Waals surface area contributed by atoms with Crippen LogP contribution in [-0.4, -0.2) is 30.5 Å². The summed E-state index contributed by atoms with van der Waals surface area (Å²) in [6.07, 6.45) is 2.56. The van der Waals surface area contributed by atoms with Crippen LogP contribution in [0.15, 0.2) is 46.9 Å². The number of nitrogens with one attached hydrogen (secondary N) is 1. The summed E-state index contributed by atoms with van der Waals surface area (Å²) in [6.45, 7) is 10.3. The zero-order chi connectivity index (χ0) is 20.9. The first kappa shape index (κ1) is 21.8. The van der Waals surface area contributed by atoms with Crippen LogP contribution < -0.4 is 10.1 Å². The Labute approximate surface area is 182 Å². The van der Waals surface area contributed by atoms with Crippen LogP contribution >= 0.6 is 15.9 Å². The van der Waals surface area contributed by atoms with Gasteiger partial charge in [-0.2, -0.15) is 0 Å². The molecule has 0 aromatic heterocycles. The second kappa shape index (κ2) is 9.77. The average molecular weight is 459 g/mol. The van der Waals surface area contributed by atoms with Crippen molar-refractivity contribution in [3.63, 3.8) is 0 Å². The van der Waals surface area contributed by atoms with Crippen LogP contribution in [0, 0.1) is 0 Å². The van der Waals surface area contributed by atoms with E-state index in [9.17, 15) is 4.79 Å². The Morgan fingerprint density at radius 1 is 1.10 bits per heavy atom. The molecule has 4 nitrogen and oxygen atoms in total. The van der Waals surface area contributed by atoms with Crippen molar-refractivity contribution in [3.05, 3.63) is 63.6 Å². The van der Waals surface area contributed by atoms with E-state index in [0.717, 1.165) is 24.1 Å². The Bertz CT molecular complexity index is 839. The second-order valence-electron chi connectivity index (χ2n) is 8.71. The summed E-state index contributed by atoms with van der Waals surface area (Å²) in [5, 5.41) is 2.99. The lowest BCUT2D eigenvalue weighted by molar-refractivity contribution is -0.123. The van der Waals surface area contributed by atoms with Gasteiger partial charge in [0.1, 0.15) is 5.75 Å². The third-order valence-electron chi connectivity index (χ3n) is 5.34. The molecule has 0 atom stereocenters. The van der Waals surface area contributed by atoms with E-state index in [0.29, 0.717) is 12.3 Å². The molecule has 1 fully saturated rings. The molecule has 0 unspecified atom stereocenters. The van der Waals surface area contributed by atoms with Crippen molar-refractivity contribution in [1.29, 1.82) is 0 Å². The van der Waals surface area contributed by atoms with Crippen LogP contribution in [0.1, 0.15) is 50.3 Å². The molecule has 1 heterocycles. The van der Waals surface area contributed by atoms with Crippen LogP contribution in [0.2, 0.25) is 0 Å². The van der Waals surface area contributed by atoms with Crippen LogP contribution in [0.5, 0.6) is 5.75 Å². The highest BCUT2D eigenvalue weighted by Gasteiger charge is 2.16. The second-order valence-corrected chi connectivity index (χ2v) is 9.57. The maximum absolute atomic E-state index is 12.3. The molecule has 0 aliphatic carbocycles. The normalized spacial score (nSPS) is 14.8. The molecular weight excluding hydrogens is 428 g/mol.